The molecule has 174 valence electrons. The van der Waals surface area contributed by atoms with Gasteiger partial charge in [0.25, 0.3) is 0 Å². The molecule has 0 bridgehead atoms. The van der Waals surface area contributed by atoms with Crippen molar-refractivity contribution >= 4 is 12.0 Å². The summed E-state index contributed by atoms with van der Waals surface area (Å²) in [6.45, 7) is 17.6. The summed E-state index contributed by atoms with van der Waals surface area (Å²) in [5, 5.41) is 17.8. The molecule has 3 N–H and O–H groups in total. The number of hydroxylamine groups is 2. The first kappa shape index (κ1) is 26.4. The second kappa shape index (κ2) is 10.1. The zero-order valence-electron chi connectivity index (χ0n) is 20.3. The van der Waals surface area contributed by atoms with Gasteiger partial charge in [0.05, 0.1) is 6.04 Å². The number of alkyl carbamates (subject to hydrolysis) is 1. The molecular formula is C23H43N3O4. The number of carbonyl (C=O) groups excluding carboxylic acids is 2. The number of ether oxygens (including phenoxy) is 1. The molecule has 0 aliphatic carbocycles. The van der Waals surface area contributed by atoms with Gasteiger partial charge >= 0.3 is 6.09 Å². The summed E-state index contributed by atoms with van der Waals surface area (Å²) in [5.74, 6) is 0.325. The molecule has 1 fully saturated rings. The Labute approximate surface area is 182 Å². The molecule has 0 spiro atoms. The number of nitrogens with zero attached hydrogens (tertiary/aromatic N) is 1. The van der Waals surface area contributed by atoms with Crippen LogP contribution in [0.5, 0.6) is 0 Å². The highest BCUT2D eigenvalue weighted by Gasteiger charge is 2.45. The maximum Gasteiger partial charge on any atom is 0.408 e. The largest absolute Gasteiger partial charge is 0.444 e. The van der Waals surface area contributed by atoms with Crippen molar-refractivity contribution in [3.63, 3.8) is 0 Å². The van der Waals surface area contributed by atoms with Crippen LogP contribution >= 0.6 is 0 Å². The van der Waals surface area contributed by atoms with Gasteiger partial charge in [0.1, 0.15) is 5.60 Å². The predicted molar refractivity (Wildman–Crippen MR) is 119 cm³/mol. The van der Waals surface area contributed by atoms with E-state index >= 15 is 0 Å². The minimum Gasteiger partial charge on any atom is -0.444 e. The first-order chi connectivity index (χ1) is 13.5. The van der Waals surface area contributed by atoms with E-state index in [0.29, 0.717) is 18.8 Å². The van der Waals surface area contributed by atoms with Crippen molar-refractivity contribution in [2.75, 3.05) is 0 Å². The van der Waals surface area contributed by atoms with Crippen LogP contribution in [0.25, 0.3) is 0 Å². The third-order valence-electron chi connectivity index (χ3n) is 5.10. The van der Waals surface area contributed by atoms with E-state index in [4.69, 9.17) is 4.74 Å². The molecule has 1 unspecified atom stereocenters. The Morgan fingerprint density at radius 1 is 1.17 bits per heavy atom. The number of hydrogen-bond donors (Lipinski definition) is 3. The van der Waals surface area contributed by atoms with Gasteiger partial charge in [-0.25, -0.2) is 4.79 Å². The van der Waals surface area contributed by atoms with E-state index in [9.17, 15) is 14.8 Å². The summed E-state index contributed by atoms with van der Waals surface area (Å²) >= 11 is 0. The van der Waals surface area contributed by atoms with E-state index in [0.717, 1.165) is 6.42 Å². The fourth-order valence-corrected chi connectivity index (χ4v) is 4.15. The predicted octanol–water partition coefficient (Wildman–Crippen LogP) is 4.40. The van der Waals surface area contributed by atoms with Crippen LogP contribution < -0.4 is 10.6 Å². The van der Waals surface area contributed by atoms with E-state index < -0.39 is 22.8 Å². The van der Waals surface area contributed by atoms with Crippen molar-refractivity contribution in [2.24, 2.45) is 5.92 Å². The van der Waals surface area contributed by atoms with Crippen LogP contribution in [0.15, 0.2) is 12.2 Å². The third-order valence-corrected chi connectivity index (χ3v) is 5.10. The van der Waals surface area contributed by atoms with Crippen LogP contribution in [0.1, 0.15) is 88.0 Å². The molecule has 1 aliphatic heterocycles. The van der Waals surface area contributed by atoms with Crippen LogP contribution in [-0.2, 0) is 9.53 Å². The SMILES string of the molecule is CC(C)CC(C=CCC(=O)NC1CC(C)(C)N(O)C(C)(C)C1)NC(=O)OC(C)(C)C. The van der Waals surface area contributed by atoms with Crippen LogP contribution in [0.3, 0.4) is 0 Å². The average molecular weight is 426 g/mol. The molecule has 0 aromatic carbocycles. The average Bonchev–Trinajstić information content (AvgIpc) is 2.49. The molecule has 2 amide bonds. The first-order valence-corrected chi connectivity index (χ1v) is 11.0. The van der Waals surface area contributed by atoms with Crippen molar-refractivity contribution in [3.05, 3.63) is 12.2 Å². The molecule has 0 aromatic rings. The number of hydrogen-bond acceptors (Lipinski definition) is 5. The van der Waals surface area contributed by atoms with Crippen molar-refractivity contribution in [3.8, 4) is 0 Å². The number of nitrogens with one attached hydrogen (secondary N) is 2. The summed E-state index contributed by atoms with van der Waals surface area (Å²) in [6.07, 6.45) is 5.57. The zero-order chi connectivity index (χ0) is 23.3. The van der Waals surface area contributed by atoms with Gasteiger partial charge in [0.2, 0.25) is 5.91 Å². The van der Waals surface area contributed by atoms with E-state index in [-0.39, 0.29) is 24.4 Å². The second-order valence-corrected chi connectivity index (χ2v) is 11.1. The van der Waals surface area contributed by atoms with E-state index in [1.54, 1.807) is 6.08 Å². The van der Waals surface area contributed by atoms with Crippen LogP contribution in [0, 0.1) is 5.92 Å². The normalized spacial score (nSPS) is 20.9. The molecule has 0 saturated carbocycles. The maximum atomic E-state index is 12.5. The van der Waals surface area contributed by atoms with E-state index in [2.05, 4.69) is 24.5 Å². The van der Waals surface area contributed by atoms with Crippen LogP contribution in [0.4, 0.5) is 4.79 Å². The summed E-state index contributed by atoms with van der Waals surface area (Å²) < 4.78 is 5.34. The molecule has 1 rings (SSSR count). The quantitative estimate of drug-likeness (QED) is 0.526. The smallest absolute Gasteiger partial charge is 0.408 e. The van der Waals surface area contributed by atoms with Gasteiger partial charge < -0.3 is 20.6 Å². The van der Waals surface area contributed by atoms with Gasteiger partial charge in [0, 0.05) is 23.5 Å². The molecule has 0 aromatic heterocycles. The van der Waals surface area contributed by atoms with Gasteiger partial charge in [-0.2, -0.15) is 5.06 Å². The minimum absolute atomic E-state index is 0.00523. The Hall–Kier alpha value is -1.60. The standard InChI is InChI=1S/C23H43N3O4/c1-16(2)13-17(25-20(28)30-21(3,4)5)11-10-12-19(27)24-18-14-22(6,7)26(29)23(8,9)15-18/h10-11,16-18,29H,12-15H2,1-9H3,(H,24,27)(H,25,28). The molecule has 7 nitrogen and oxygen atoms in total. The van der Waals surface area contributed by atoms with Gasteiger partial charge in [0.15, 0.2) is 0 Å². The maximum absolute atomic E-state index is 12.5. The summed E-state index contributed by atoms with van der Waals surface area (Å²) in [7, 11) is 0. The first-order valence-electron chi connectivity index (χ1n) is 11.0. The Morgan fingerprint density at radius 3 is 2.17 bits per heavy atom. The van der Waals surface area contributed by atoms with Gasteiger partial charge in [-0.15, -0.1) is 0 Å². The molecule has 1 aliphatic rings. The summed E-state index contributed by atoms with van der Waals surface area (Å²) in [5.41, 5.74) is -1.37. The molecule has 1 heterocycles. The monoisotopic (exact) mass is 425 g/mol. The fourth-order valence-electron chi connectivity index (χ4n) is 4.15. The van der Waals surface area contributed by atoms with Crippen molar-refractivity contribution in [2.45, 2.75) is 117 Å². The lowest BCUT2D eigenvalue weighted by Crippen LogP contribution is -2.62. The highest BCUT2D eigenvalue weighted by Crippen LogP contribution is 2.36. The van der Waals surface area contributed by atoms with Gasteiger partial charge in [-0.3, -0.25) is 4.79 Å². The van der Waals surface area contributed by atoms with Crippen LogP contribution in [0.2, 0.25) is 0 Å². The van der Waals surface area contributed by atoms with Crippen molar-refractivity contribution < 1.29 is 19.5 Å². The molecule has 30 heavy (non-hydrogen) atoms. The topological polar surface area (TPSA) is 90.9 Å². The number of rotatable bonds is 7. The molecule has 0 radical (unpaired) electrons. The lowest BCUT2D eigenvalue weighted by molar-refractivity contribution is -0.246. The second-order valence-electron chi connectivity index (χ2n) is 11.1. The zero-order valence-corrected chi connectivity index (χ0v) is 20.3. The number of carbonyl (C=O) groups is 2. The molecule has 1 atom stereocenters. The fraction of sp³-hybridized carbons (Fsp3) is 0.826. The minimum atomic E-state index is -0.554. The summed E-state index contributed by atoms with van der Waals surface area (Å²) in [4.78, 5) is 24.6. The molecular weight excluding hydrogens is 382 g/mol. The lowest BCUT2D eigenvalue weighted by atomic mass is 9.79. The highest BCUT2D eigenvalue weighted by atomic mass is 16.6. The Balaban J connectivity index is 2.63. The number of piperidine rings is 1. The Kier molecular flexibility index (Phi) is 8.93. The van der Waals surface area contributed by atoms with E-state index in [1.165, 1.54) is 5.06 Å². The van der Waals surface area contributed by atoms with Gasteiger partial charge in [-0.1, -0.05) is 26.0 Å². The van der Waals surface area contributed by atoms with Crippen LogP contribution in [-0.4, -0.2) is 51.0 Å². The Morgan fingerprint density at radius 2 is 1.70 bits per heavy atom. The van der Waals surface area contributed by atoms with Gasteiger partial charge in [-0.05, 0) is 73.6 Å². The van der Waals surface area contributed by atoms with E-state index in [1.807, 2.05) is 54.5 Å². The summed E-state index contributed by atoms with van der Waals surface area (Å²) in [6, 6.07) is -0.186. The number of amides is 2. The van der Waals surface area contributed by atoms with Crippen molar-refractivity contribution in [1.29, 1.82) is 0 Å². The Bertz CT molecular complexity index is 602. The highest BCUT2D eigenvalue weighted by molar-refractivity contribution is 5.77. The molecule has 1 saturated heterocycles. The lowest BCUT2D eigenvalue weighted by Gasteiger charge is -2.51. The molecule has 7 heteroatoms. The third kappa shape index (κ3) is 9.04. The van der Waals surface area contributed by atoms with Crippen molar-refractivity contribution in [1.82, 2.24) is 15.7 Å².